The van der Waals surface area contributed by atoms with Crippen molar-refractivity contribution in [3.05, 3.63) is 63.2 Å². The molecule has 0 N–H and O–H groups in total. The number of methoxy groups -OCH3 is 1. The Morgan fingerprint density at radius 3 is 2.58 bits per heavy atom. The van der Waals surface area contributed by atoms with Crippen LogP contribution < -0.4 is 9.47 Å². The number of rotatable bonds is 5. The maximum Gasteiger partial charge on any atom is 0.322 e. The van der Waals surface area contributed by atoms with E-state index in [1.807, 2.05) is 6.07 Å². The molecule has 0 radical (unpaired) electrons. The third-order valence-corrected chi connectivity index (χ3v) is 4.32. The van der Waals surface area contributed by atoms with Gasteiger partial charge in [0.2, 0.25) is 5.75 Å². The average molecular weight is 348 g/mol. The van der Waals surface area contributed by atoms with Gasteiger partial charge in [0.25, 0.3) is 0 Å². The summed E-state index contributed by atoms with van der Waals surface area (Å²) in [4.78, 5) is 23.2. The predicted octanol–water partition coefficient (Wildman–Crippen LogP) is 3.89. The molecule has 0 saturated heterocycles. The van der Waals surface area contributed by atoms with E-state index >= 15 is 0 Å². The van der Waals surface area contributed by atoms with Gasteiger partial charge < -0.3 is 9.47 Å². The molecule has 1 saturated carbocycles. The Kier molecular flexibility index (Phi) is 4.15. The highest BCUT2D eigenvalue weighted by molar-refractivity contribution is 6.30. The minimum absolute atomic E-state index is 0.0981. The van der Waals surface area contributed by atoms with E-state index in [-0.39, 0.29) is 11.4 Å². The topological polar surface area (TPSA) is 78.7 Å². The number of nitro benzene ring substituents is 1. The number of hydrogen-bond acceptors (Lipinski definition) is 5. The molecule has 7 heteroatoms. The van der Waals surface area contributed by atoms with Gasteiger partial charge in [-0.05, 0) is 42.7 Å². The fourth-order valence-corrected chi connectivity index (χ4v) is 2.76. The number of carbonyl (C=O) groups excluding carboxylic acids is 1. The lowest BCUT2D eigenvalue weighted by atomic mass is 9.96. The molecule has 0 bridgehead atoms. The molecule has 0 spiro atoms. The maximum atomic E-state index is 12.6. The molecule has 1 aliphatic rings. The van der Waals surface area contributed by atoms with Crippen molar-refractivity contribution in [2.24, 2.45) is 0 Å². The summed E-state index contributed by atoms with van der Waals surface area (Å²) in [5, 5.41) is 11.7. The summed E-state index contributed by atoms with van der Waals surface area (Å²) < 4.78 is 10.3. The maximum absolute atomic E-state index is 12.6. The Balaban J connectivity index is 1.89. The molecule has 0 unspecified atom stereocenters. The van der Waals surface area contributed by atoms with Crippen LogP contribution in [-0.2, 0) is 10.2 Å². The number of nitro groups is 1. The first-order chi connectivity index (χ1) is 11.5. The molecule has 2 aromatic rings. The molecule has 0 aromatic heterocycles. The average Bonchev–Trinajstić information content (AvgIpc) is 3.37. The van der Waals surface area contributed by atoms with Crippen molar-refractivity contribution < 1.29 is 19.2 Å². The van der Waals surface area contributed by atoms with Crippen LogP contribution in [0.1, 0.15) is 18.4 Å². The Morgan fingerprint density at radius 2 is 2.00 bits per heavy atom. The van der Waals surface area contributed by atoms with Crippen molar-refractivity contribution in [3.63, 3.8) is 0 Å². The second-order valence-corrected chi connectivity index (χ2v) is 6.01. The van der Waals surface area contributed by atoms with Gasteiger partial charge in [0, 0.05) is 5.02 Å². The summed E-state index contributed by atoms with van der Waals surface area (Å²) >= 11 is 5.99. The van der Waals surface area contributed by atoms with Crippen molar-refractivity contribution in [2.75, 3.05) is 7.11 Å². The molecule has 0 atom stereocenters. The zero-order chi connectivity index (χ0) is 17.3. The van der Waals surface area contributed by atoms with Crippen LogP contribution in [-0.4, -0.2) is 18.0 Å². The zero-order valence-electron chi connectivity index (χ0n) is 12.8. The largest absolute Gasteiger partial charge is 0.496 e. The predicted molar refractivity (Wildman–Crippen MR) is 87.6 cm³/mol. The molecular weight excluding hydrogens is 334 g/mol. The van der Waals surface area contributed by atoms with Gasteiger partial charge in [-0.3, -0.25) is 14.9 Å². The number of ether oxygens (including phenoxy) is 2. The normalized spacial score (nSPS) is 14.8. The van der Waals surface area contributed by atoms with E-state index < -0.39 is 16.3 Å². The summed E-state index contributed by atoms with van der Waals surface area (Å²) in [6.45, 7) is 0. The number of benzene rings is 2. The van der Waals surface area contributed by atoms with Crippen LogP contribution in [0.25, 0.3) is 0 Å². The quantitative estimate of drug-likeness (QED) is 0.355. The molecule has 2 aromatic carbocycles. The third kappa shape index (κ3) is 2.92. The van der Waals surface area contributed by atoms with Gasteiger partial charge >= 0.3 is 11.7 Å². The van der Waals surface area contributed by atoms with E-state index in [9.17, 15) is 14.9 Å². The van der Waals surface area contributed by atoms with Gasteiger partial charge in [-0.25, -0.2) is 0 Å². The van der Waals surface area contributed by atoms with Gasteiger partial charge in [-0.2, -0.15) is 0 Å². The number of esters is 1. The van der Waals surface area contributed by atoms with Gasteiger partial charge in [-0.15, -0.1) is 0 Å². The number of hydrogen-bond donors (Lipinski definition) is 0. The molecule has 0 aliphatic heterocycles. The first-order valence-corrected chi connectivity index (χ1v) is 7.65. The molecule has 24 heavy (non-hydrogen) atoms. The minimum atomic E-state index is -0.779. The second-order valence-electron chi connectivity index (χ2n) is 5.57. The summed E-state index contributed by atoms with van der Waals surface area (Å²) in [6.07, 6.45) is 1.24. The van der Waals surface area contributed by atoms with E-state index in [1.54, 1.807) is 18.2 Å². The van der Waals surface area contributed by atoms with Crippen molar-refractivity contribution in [3.8, 4) is 11.5 Å². The van der Waals surface area contributed by atoms with Crippen molar-refractivity contribution in [1.82, 2.24) is 0 Å². The second kappa shape index (κ2) is 6.13. The van der Waals surface area contributed by atoms with Crippen LogP contribution in [0, 0.1) is 10.1 Å². The van der Waals surface area contributed by atoms with Crippen molar-refractivity contribution >= 4 is 23.3 Å². The molecule has 124 valence electrons. The number of nitrogens with zero attached hydrogens (tertiary/aromatic N) is 1. The van der Waals surface area contributed by atoms with Crippen molar-refractivity contribution in [1.29, 1.82) is 0 Å². The van der Waals surface area contributed by atoms with E-state index in [4.69, 9.17) is 21.1 Å². The number of carbonyl (C=O) groups is 1. The molecule has 3 rings (SSSR count). The van der Waals surface area contributed by atoms with Gasteiger partial charge in [0.15, 0.2) is 0 Å². The van der Waals surface area contributed by atoms with Gasteiger partial charge in [-0.1, -0.05) is 23.7 Å². The molecular formula is C17H14ClNO5. The van der Waals surface area contributed by atoms with Crippen LogP contribution in [0.2, 0.25) is 5.02 Å². The monoisotopic (exact) mass is 347 g/mol. The summed E-state index contributed by atoms with van der Waals surface area (Å²) in [5.41, 5.74) is -0.334. The third-order valence-electron chi connectivity index (χ3n) is 4.08. The zero-order valence-corrected chi connectivity index (χ0v) is 13.6. The fraction of sp³-hybridized carbons (Fsp3) is 0.235. The van der Waals surface area contributed by atoms with Gasteiger partial charge in [0.05, 0.1) is 23.5 Å². The molecule has 0 heterocycles. The van der Waals surface area contributed by atoms with E-state index in [1.165, 1.54) is 25.3 Å². The summed E-state index contributed by atoms with van der Waals surface area (Å²) in [6, 6.07) is 11.1. The Hall–Kier alpha value is -2.60. The van der Waals surface area contributed by atoms with Crippen LogP contribution in [0.4, 0.5) is 5.69 Å². The Bertz CT molecular complexity index is 816. The first-order valence-electron chi connectivity index (χ1n) is 7.27. The molecule has 0 amide bonds. The SMILES string of the molecule is COc1ccc(OC(=O)C2(c3cccc(Cl)c3)CC2)c([N+](=O)[O-])c1. The van der Waals surface area contributed by atoms with Crippen molar-refractivity contribution in [2.45, 2.75) is 18.3 Å². The molecule has 1 fully saturated rings. The smallest absolute Gasteiger partial charge is 0.322 e. The number of halogens is 1. The standard InChI is InChI=1S/C17H14ClNO5/c1-23-13-5-6-15(14(10-13)19(21)22)24-16(20)17(7-8-17)11-3-2-4-12(18)9-11/h2-6,9-10H,7-8H2,1H3. The van der Waals surface area contributed by atoms with Crippen LogP contribution in [0.3, 0.4) is 0 Å². The fourth-order valence-electron chi connectivity index (χ4n) is 2.57. The highest BCUT2D eigenvalue weighted by Gasteiger charge is 2.53. The lowest BCUT2D eigenvalue weighted by Crippen LogP contribution is -2.26. The first kappa shape index (κ1) is 16.3. The van der Waals surface area contributed by atoms with Crippen LogP contribution >= 0.6 is 11.6 Å². The van der Waals surface area contributed by atoms with E-state index in [2.05, 4.69) is 0 Å². The van der Waals surface area contributed by atoms with Crippen LogP contribution in [0.5, 0.6) is 11.5 Å². The summed E-state index contributed by atoms with van der Waals surface area (Å²) in [7, 11) is 1.41. The molecule has 6 nitrogen and oxygen atoms in total. The highest BCUT2D eigenvalue weighted by atomic mass is 35.5. The Labute approximate surface area is 143 Å². The highest BCUT2D eigenvalue weighted by Crippen LogP contribution is 2.50. The summed E-state index contributed by atoms with van der Waals surface area (Å²) in [5.74, 6) is -0.297. The lowest BCUT2D eigenvalue weighted by Gasteiger charge is -2.15. The Morgan fingerprint density at radius 1 is 1.25 bits per heavy atom. The minimum Gasteiger partial charge on any atom is -0.496 e. The van der Waals surface area contributed by atoms with Gasteiger partial charge in [0.1, 0.15) is 5.75 Å². The lowest BCUT2D eigenvalue weighted by molar-refractivity contribution is -0.385. The van der Waals surface area contributed by atoms with Crippen LogP contribution in [0.15, 0.2) is 42.5 Å². The van der Waals surface area contributed by atoms with E-state index in [0.717, 1.165) is 5.56 Å². The van der Waals surface area contributed by atoms with E-state index in [0.29, 0.717) is 23.6 Å². The molecule has 1 aliphatic carbocycles.